The van der Waals surface area contributed by atoms with Crippen molar-refractivity contribution in [1.29, 1.82) is 0 Å². The van der Waals surface area contributed by atoms with Crippen molar-refractivity contribution in [1.82, 2.24) is 0 Å². The molecule has 0 fully saturated rings. The lowest BCUT2D eigenvalue weighted by atomic mass is 10.2. The molecule has 13 heavy (non-hydrogen) atoms. The third-order valence-electron chi connectivity index (χ3n) is 1.75. The van der Waals surface area contributed by atoms with Crippen LogP contribution in [0.3, 0.4) is 0 Å². The van der Waals surface area contributed by atoms with E-state index in [1.807, 2.05) is 11.4 Å². The van der Waals surface area contributed by atoms with Crippen LogP contribution in [0.4, 0.5) is 0 Å². The molecule has 2 aromatic rings. The molecule has 0 aliphatic heterocycles. The molecule has 0 bridgehead atoms. The average Bonchev–Trinajstić information content (AvgIpc) is 2.49. The first-order chi connectivity index (χ1) is 6.18. The van der Waals surface area contributed by atoms with Crippen LogP contribution in [0.5, 0.6) is 0 Å². The summed E-state index contributed by atoms with van der Waals surface area (Å²) in [6.07, 6.45) is 0. The molecule has 0 saturated carbocycles. The van der Waals surface area contributed by atoms with E-state index in [1.54, 1.807) is 6.07 Å². The van der Waals surface area contributed by atoms with Crippen LogP contribution < -0.4 is 0 Å². The zero-order chi connectivity index (χ0) is 9.42. The summed E-state index contributed by atoms with van der Waals surface area (Å²) in [6, 6.07) is 5.10. The monoisotopic (exact) mass is 212 g/mol. The summed E-state index contributed by atoms with van der Waals surface area (Å²) in [6.45, 7) is 0. The van der Waals surface area contributed by atoms with Crippen molar-refractivity contribution in [2.75, 3.05) is 0 Å². The number of carboxylic acid groups (broad SMARTS) is 1. The highest BCUT2D eigenvalue weighted by Crippen LogP contribution is 2.28. The molecule has 1 aromatic carbocycles. The first-order valence-electron chi connectivity index (χ1n) is 3.58. The molecule has 0 atom stereocenters. The number of thiophene rings is 1. The molecule has 0 amide bonds. The number of carboxylic acids is 1. The van der Waals surface area contributed by atoms with E-state index in [0.717, 1.165) is 10.1 Å². The number of benzene rings is 1. The summed E-state index contributed by atoms with van der Waals surface area (Å²) in [5.74, 6) is -0.935. The molecule has 1 heterocycles. The average molecular weight is 213 g/mol. The van der Waals surface area contributed by atoms with E-state index < -0.39 is 5.97 Å². The number of fused-ring (bicyclic) bond motifs is 1. The maximum absolute atomic E-state index is 10.8. The van der Waals surface area contributed by atoms with E-state index in [4.69, 9.17) is 16.7 Å². The summed E-state index contributed by atoms with van der Waals surface area (Å²) in [4.78, 5) is 10.8. The fourth-order valence-electron chi connectivity index (χ4n) is 1.20. The van der Waals surface area contributed by atoms with Crippen molar-refractivity contribution < 1.29 is 9.90 Å². The predicted molar refractivity (Wildman–Crippen MR) is 53.8 cm³/mol. The zero-order valence-corrected chi connectivity index (χ0v) is 8.02. The van der Waals surface area contributed by atoms with Gasteiger partial charge in [-0.3, -0.25) is 0 Å². The van der Waals surface area contributed by atoms with Crippen LogP contribution in [0.15, 0.2) is 23.6 Å². The van der Waals surface area contributed by atoms with Gasteiger partial charge in [-0.25, -0.2) is 4.79 Å². The quantitative estimate of drug-likeness (QED) is 0.788. The van der Waals surface area contributed by atoms with E-state index in [0.29, 0.717) is 5.02 Å². The Balaban J connectivity index is 2.84. The molecule has 0 unspecified atom stereocenters. The van der Waals surface area contributed by atoms with E-state index in [9.17, 15) is 4.79 Å². The second kappa shape index (κ2) is 3.01. The minimum absolute atomic E-state index is 0.275. The van der Waals surface area contributed by atoms with Crippen LogP contribution >= 0.6 is 22.9 Å². The maximum Gasteiger partial charge on any atom is 0.337 e. The van der Waals surface area contributed by atoms with Gasteiger partial charge in [-0.05, 0) is 29.0 Å². The normalized spacial score (nSPS) is 10.5. The van der Waals surface area contributed by atoms with Crippen molar-refractivity contribution in [2.24, 2.45) is 0 Å². The molecule has 1 aromatic heterocycles. The Kier molecular flexibility index (Phi) is 1.98. The number of halogens is 1. The fourth-order valence-corrected chi connectivity index (χ4v) is 2.32. The lowest BCUT2D eigenvalue weighted by Gasteiger charge is -1.97. The molecular formula is C9H5ClO2S. The van der Waals surface area contributed by atoms with Crippen LogP contribution in [0.1, 0.15) is 10.4 Å². The number of carbonyl (C=O) groups is 1. The van der Waals surface area contributed by atoms with Gasteiger partial charge >= 0.3 is 5.97 Å². The van der Waals surface area contributed by atoms with Crippen molar-refractivity contribution in [2.45, 2.75) is 0 Å². The lowest BCUT2D eigenvalue weighted by Crippen LogP contribution is -1.95. The summed E-state index contributed by atoms with van der Waals surface area (Å²) in [7, 11) is 0. The largest absolute Gasteiger partial charge is 0.478 e. The highest BCUT2D eigenvalue weighted by atomic mass is 35.5. The van der Waals surface area contributed by atoms with Gasteiger partial charge in [-0.2, -0.15) is 0 Å². The van der Waals surface area contributed by atoms with Crippen molar-refractivity contribution >= 4 is 39.0 Å². The standard InChI is InChI=1S/C9H5ClO2S/c10-6-3-5-1-2-13-8(5)7(4-6)9(11)12/h1-4H,(H,11,12). The first kappa shape index (κ1) is 8.53. The molecule has 0 aliphatic carbocycles. The number of aromatic carboxylic acids is 1. The van der Waals surface area contributed by atoms with Crippen molar-refractivity contribution in [3.8, 4) is 0 Å². The van der Waals surface area contributed by atoms with Crippen molar-refractivity contribution in [3.63, 3.8) is 0 Å². The van der Waals surface area contributed by atoms with Crippen LogP contribution in [-0.2, 0) is 0 Å². The van der Waals surface area contributed by atoms with Gasteiger partial charge in [0.15, 0.2) is 0 Å². The highest BCUT2D eigenvalue weighted by molar-refractivity contribution is 7.17. The minimum atomic E-state index is -0.935. The van der Waals surface area contributed by atoms with Gasteiger partial charge in [-0.15, -0.1) is 11.3 Å². The van der Waals surface area contributed by atoms with Crippen LogP contribution in [0.25, 0.3) is 10.1 Å². The topological polar surface area (TPSA) is 37.3 Å². The van der Waals surface area contributed by atoms with Gasteiger partial charge in [0.2, 0.25) is 0 Å². The number of hydrogen-bond donors (Lipinski definition) is 1. The zero-order valence-electron chi connectivity index (χ0n) is 6.45. The Bertz CT molecular complexity index is 475. The molecule has 1 N–H and O–H groups in total. The molecule has 0 saturated heterocycles. The summed E-state index contributed by atoms with van der Waals surface area (Å²) < 4.78 is 0.775. The second-order valence-electron chi connectivity index (χ2n) is 2.60. The van der Waals surface area contributed by atoms with Gasteiger partial charge in [-0.1, -0.05) is 11.6 Å². The van der Waals surface area contributed by atoms with Gasteiger partial charge < -0.3 is 5.11 Å². The fraction of sp³-hybridized carbons (Fsp3) is 0. The Morgan fingerprint density at radius 2 is 2.23 bits per heavy atom. The molecular weight excluding hydrogens is 208 g/mol. The molecule has 0 radical (unpaired) electrons. The molecule has 0 aliphatic rings. The Labute approximate surface area is 83.4 Å². The van der Waals surface area contributed by atoms with Crippen LogP contribution in [0.2, 0.25) is 5.02 Å². The maximum atomic E-state index is 10.8. The van der Waals surface area contributed by atoms with Gasteiger partial charge in [0, 0.05) is 9.72 Å². The minimum Gasteiger partial charge on any atom is -0.478 e. The molecule has 0 spiro atoms. The van der Waals surface area contributed by atoms with E-state index in [-0.39, 0.29) is 5.56 Å². The van der Waals surface area contributed by atoms with Gasteiger partial charge in [0.25, 0.3) is 0 Å². The Morgan fingerprint density at radius 3 is 2.92 bits per heavy atom. The Hall–Kier alpha value is -1.06. The van der Waals surface area contributed by atoms with Gasteiger partial charge in [0.1, 0.15) is 0 Å². The third kappa shape index (κ3) is 1.41. The SMILES string of the molecule is O=C(O)c1cc(Cl)cc2ccsc12. The smallest absolute Gasteiger partial charge is 0.337 e. The predicted octanol–water partition coefficient (Wildman–Crippen LogP) is 3.25. The first-order valence-corrected chi connectivity index (χ1v) is 4.84. The van der Waals surface area contributed by atoms with Crippen molar-refractivity contribution in [3.05, 3.63) is 34.2 Å². The second-order valence-corrected chi connectivity index (χ2v) is 3.95. The lowest BCUT2D eigenvalue weighted by molar-refractivity contribution is 0.0699. The van der Waals surface area contributed by atoms with Crippen LogP contribution in [-0.4, -0.2) is 11.1 Å². The highest BCUT2D eigenvalue weighted by Gasteiger charge is 2.10. The molecule has 66 valence electrons. The molecule has 2 nitrogen and oxygen atoms in total. The Morgan fingerprint density at radius 1 is 1.46 bits per heavy atom. The van der Waals surface area contributed by atoms with Gasteiger partial charge in [0.05, 0.1) is 5.56 Å². The summed E-state index contributed by atoms with van der Waals surface area (Å²) in [5, 5.41) is 12.1. The summed E-state index contributed by atoms with van der Waals surface area (Å²) in [5.41, 5.74) is 0.275. The molecule has 4 heteroatoms. The van der Waals surface area contributed by atoms with Crippen LogP contribution in [0, 0.1) is 0 Å². The molecule has 2 rings (SSSR count). The summed E-state index contributed by atoms with van der Waals surface area (Å²) >= 11 is 7.18. The van der Waals surface area contributed by atoms with E-state index >= 15 is 0 Å². The van der Waals surface area contributed by atoms with E-state index in [2.05, 4.69) is 0 Å². The third-order valence-corrected chi connectivity index (χ3v) is 2.93. The number of rotatable bonds is 1. The van der Waals surface area contributed by atoms with E-state index in [1.165, 1.54) is 17.4 Å². The number of hydrogen-bond acceptors (Lipinski definition) is 2.